The van der Waals surface area contributed by atoms with Gasteiger partial charge in [-0.05, 0) is 56.2 Å². The Kier molecular flexibility index (Phi) is 5.29. The molecule has 3 amide bonds. The van der Waals surface area contributed by atoms with Gasteiger partial charge in [0.15, 0.2) is 5.72 Å². The molecule has 0 saturated carbocycles. The summed E-state index contributed by atoms with van der Waals surface area (Å²) in [5.41, 5.74) is 3.84. The molecule has 0 radical (unpaired) electrons. The summed E-state index contributed by atoms with van der Waals surface area (Å²) >= 11 is 0. The molecule has 2 N–H and O–H groups in total. The summed E-state index contributed by atoms with van der Waals surface area (Å²) in [6, 6.07) is 22.9. The van der Waals surface area contributed by atoms with E-state index in [1.54, 1.807) is 29.2 Å². The largest absolute Gasteiger partial charge is 0.467 e. The topological polar surface area (TPSA) is 70.7 Å². The third-order valence-electron chi connectivity index (χ3n) is 6.39. The number of fused-ring (bicyclic) bond motifs is 4. The predicted octanol–water partition coefficient (Wildman–Crippen LogP) is 4.74. The number of nitrogens with one attached hydrogen (secondary N) is 2. The number of nitrogens with zero attached hydrogens (tertiary/aromatic N) is 1. The van der Waals surface area contributed by atoms with Gasteiger partial charge in [0.1, 0.15) is 5.75 Å². The van der Waals surface area contributed by atoms with Gasteiger partial charge < -0.3 is 15.4 Å². The van der Waals surface area contributed by atoms with Crippen LogP contribution in [0.5, 0.6) is 5.75 Å². The van der Waals surface area contributed by atoms with Crippen molar-refractivity contribution < 1.29 is 14.3 Å². The summed E-state index contributed by atoms with van der Waals surface area (Å²) in [7, 11) is 0. The van der Waals surface area contributed by atoms with Crippen LogP contribution in [-0.2, 0) is 6.42 Å². The first-order chi connectivity index (χ1) is 15.9. The number of aryl methyl sites for hydroxylation is 1. The van der Waals surface area contributed by atoms with Crippen LogP contribution in [0.2, 0.25) is 0 Å². The van der Waals surface area contributed by atoms with Crippen LogP contribution in [0.1, 0.15) is 46.4 Å². The van der Waals surface area contributed by atoms with E-state index in [9.17, 15) is 9.59 Å². The number of para-hydroxylation sites is 1. The van der Waals surface area contributed by atoms with Crippen LogP contribution >= 0.6 is 0 Å². The first-order valence-corrected chi connectivity index (χ1v) is 11.3. The summed E-state index contributed by atoms with van der Waals surface area (Å²) in [4.78, 5) is 27.2. The van der Waals surface area contributed by atoms with Gasteiger partial charge in [-0.3, -0.25) is 9.69 Å². The second-order valence-electron chi connectivity index (χ2n) is 8.89. The maximum atomic E-state index is 13.0. The van der Waals surface area contributed by atoms with E-state index >= 15 is 0 Å². The molecule has 6 heteroatoms. The maximum Gasteiger partial charge on any atom is 0.325 e. The Morgan fingerprint density at radius 1 is 1.09 bits per heavy atom. The van der Waals surface area contributed by atoms with Crippen molar-refractivity contribution in [3.63, 3.8) is 0 Å². The molecule has 0 aliphatic carbocycles. The van der Waals surface area contributed by atoms with Crippen LogP contribution in [0.4, 0.5) is 10.5 Å². The van der Waals surface area contributed by atoms with Crippen molar-refractivity contribution in [2.75, 3.05) is 11.4 Å². The molecule has 1 fully saturated rings. The van der Waals surface area contributed by atoms with Crippen molar-refractivity contribution in [2.24, 2.45) is 0 Å². The fraction of sp³-hybridized carbons (Fsp3) is 0.259. The average Bonchev–Trinajstić information content (AvgIpc) is 2.80. The molecule has 0 aromatic heterocycles. The Labute approximate surface area is 193 Å². The number of hydrogen-bond donors (Lipinski definition) is 2. The Bertz CT molecular complexity index is 1190. The van der Waals surface area contributed by atoms with Crippen LogP contribution in [0.3, 0.4) is 0 Å². The number of amides is 3. The van der Waals surface area contributed by atoms with Crippen LogP contribution in [0.25, 0.3) is 0 Å². The summed E-state index contributed by atoms with van der Waals surface area (Å²) in [6.07, 6.45) is 1.41. The lowest BCUT2D eigenvalue weighted by Gasteiger charge is -2.50. The van der Waals surface area contributed by atoms with Crippen molar-refractivity contribution >= 4 is 17.6 Å². The number of carbonyl (C=O) groups excluding carboxylic acids is 2. The fourth-order valence-corrected chi connectivity index (χ4v) is 4.65. The molecule has 0 spiro atoms. The van der Waals surface area contributed by atoms with Crippen molar-refractivity contribution in [3.8, 4) is 5.75 Å². The first kappa shape index (κ1) is 21.1. The molecule has 33 heavy (non-hydrogen) atoms. The monoisotopic (exact) mass is 441 g/mol. The van der Waals surface area contributed by atoms with Gasteiger partial charge in [-0.25, -0.2) is 4.79 Å². The Hall–Kier alpha value is -3.80. The van der Waals surface area contributed by atoms with E-state index in [2.05, 4.69) is 41.8 Å². The van der Waals surface area contributed by atoms with Gasteiger partial charge in [0.05, 0.1) is 6.04 Å². The lowest BCUT2D eigenvalue weighted by Crippen LogP contribution is -2.65. The van der Waals surface area contributed by atoms with Gasteiger partial charge in [-0.15, -0.1) is 0 Å². The lowest BCUT2D eigenvalue weighted by molar-refractivity contribution is 0.0379. The smallest absolute Gasteiger partial charge is 0.325 e. The zero-order valence-corrected chi connectivity index (χ0v) is 18.8. The molecule has 6 nitrogen and oxygen atoms in total. The van der Waals surface area contributed by atoms with Crippen molar-refractivity contribution in [1.82, 2.24) is 10.6 Å². The molecule has 2 atom stereocenters. The second kappa shape index (κ2) is 8.28. The highest BCUT2D eigenvalue weighted by Crippen LogP contribution is 2.45. The molecule has 2 aliphatic heterocycles. The normalized spacial score (nSPS) is 21.0. The van der Waals surface area contributed by atoms with Crippen LogP contribution in [0, 0.1) is 6.92 Å². The number of carbonyl (C=O) groups is 2. The number of rotatable bonds is 5. The minimum atomic E-state index is -0.806. The predicted molar refractivity (Wildman–Crippen MR) is 128 cm³/mol. The molecule has 1 saturated heterocycles. The number of urea groups is 1. The van der Waals surface area contributed by atoms with Crippen LogP contribution in [0.15, 0.2) is 72.8 Å². The number of benzene rings is 3. The SMILES string of the molecule is Cc1ccc(CCNC(=O)c2ccc(N3C(=O)N[C@H]4C[C@@]3(C)Oc3ccccc34)cc2)cc1. The fourth-order valence-electron chi connectivity index (χ4n) is 4.65. The molecule has 2 heterocycles. The highest BCUT2D eigenvalue weighted by atomic mass is 16.5. The summed E-state index contributed by atoms with van der Waals surface area (Å²) in [6.45, 7) is 4.55. The quantitative estimate of drug-likeness (QED) is 0.601. The molecule has 3 aromatic rings. The molecule has 0 unspecified atom stereocenters. The van der Waals surface area contributed by atoms with E-state index in [1.807, 2.05) is 31.2 Å². The Morgan fingerprint density at radius 3 is 2.58 bits per heavy atom. The Morgan fingerprint density at radius 2 is 1.82 bits per heavy atom. The van der Waals surface area contributed by atoms with E-state index in [-0.39, 0.29) is 18.0 Å². The van der Waals surface area contributed by atoms with Gasteiger partial charge in [-0.2, -0.15) is 0 Å². The van der Waals surface area contributed by atoms with Gasteiger partial charge >= 0.3 is 6.03 Å². The highest BCUT2D eigenvalue weighted by Gasteiger charge is 2.49. The van der Waals surface area contributed by atoms with E-state index in [0.717, 1.165) is 17.7 Å². The number of hydrogen-bond acceptors (Lipinski definition) is 3. The minimum Gasteiger partial charge on any atom is -0.467 e. The first-order valence-electron chi connectivity index (χ1n) is 11.3. The minimum absolute atomic E-state index is 0.0812. The third kappa shape index (κ3) is 4.04. The van der Waals surface area contributed by atoms with Gasteiger partial charge in [0.25, 0.3) is 5.91 Å². The van der Waals surface area contributed by atoms with Crippen molar-refractivity contribution in [1.29, 1.82) is 0 Å². The van der Waals surface area contributed by atoms with Crippen LogP contribution < -0.4 is 20.3 Å². The average molecular weight is 442 g/mol. The standard InChI is InChI=1S/C27H27N3O3/c1-18-7-9-19(10-8-18)15-16-28-25(31)20-11-13-21(14-12-20)30-26(32)29-23-17-27(30,2)33-24-6-4-3-5-22(23)24/h3-14,23H,15-17H2,1-2H3,(H,28,31)(H,29,32)/t23-,27+/m0/s1. The molecule has 3 aromatic carbocycles. The van der Waals surface area contributed by atoms with E-state index in [1.165, 1.54) is 11.1 Å². The molecule has 168 valence electrons. The van der Waals surface area contributed by atoms with E-state index in [4.69, 9.17) is 4.74 Å². The summed E-state index contributed by atoms with van der Waals surface area (Å²) in [5.74, 6) is 0.650. The zero-order valence-electron chi connectivity index (χ0n) is 18.8. The zero-order chi connectivity index (χ0) is 23.0. The third-order valence-corrected chi connectivity index (χ3v) is 6.39. The Balaban J connectivity index is 1.27. The molecular formula is C27H27N3O3. The van der Waals surface area contributed by atoms with Gasteiger partial charge in [-0.1, -0.05) is 48.0 Å². The molecule has 5 rings (SSSR count). The van der Waals surface area contributed by atoms with E-state index < -0.39 is 5.72 Å². The van der Waals surface area contributed by atoms with Gasteiger partial charge in [0, 0.05) is 29.8 Å². The van der Waals surface area contributed by atoms with E-state index in [0.29, 0.717) is 24.2 Å². The maximum absolute atomic E-state index is 13.0. The van der Waals surface area contributed by atoms with Gasteiger partial charge in [0.2, 0.25) is 0 Å². The molecule has 2 aliphatic rings. The molecular weight excluding hydrogens is 414 g/mol. The number of anilines is 1. The number of ether oxygens (including phenoxy) is 1. The second-order valence-corrected chi connectivity index (χ2v) is 8.89. The van der Waals surface area contributed by atoms with Crippen molar-refractivity contribution in [3.05, 3.63) is 95.1 Å². The van der Waals surface area contributed by atoms with Crippen molar-refractivity contribution in [2.45, 2.75) is 38.5 Å². The highest BCUT2D eigenvalue weighted by molar-refractivity contribution is 5.97. The lowest BCUT2D eigenvalue weighted by atomic mass is 9.90. The van der Waals surface area contributed by atoms with Crippen LogP contribution in [-0.4, -0.2) is 24.2 Å². The molecule has 2 bridgehead atoms. The summed E-state index contributed by atoms with van der Waals surface area (Å²) < 4.78 is 6.29. The summed E-state index contributed by atoms with van der Waals surface area (Å²) in [5, 5.41) is 6.06.